The number of carbonyl (C=O) groups is 1. The van der Waals surface area contributed by atoms with Gasteiger partial charge in [0.25, 0.3) is 5.91 Å². The second-order valence-corrected chi connectivity index (χ2v) is 5.96. The van der Waals surface area contributed by atoms with Crippen molar-refractivity contribution in [1.82, 2.24) is 9.97 Å². The Hall–Kier alpha value is -3.81. The van der Waals surface area contributed by atoms with Gasteiger partial charge >= 0.3 is 0 Å². The van der Waals surface area contributed by atoms with Crippen molar-refractivity contribution in [2.24, 2.45) is 0 Å². The van der Waals surface area contributed by atoms with E-state index in [2.05, 4.69) is 20.6 Å². The predicted octanol–water partition coefficient (Wildman–Crippen LogP) is 3.25. The fraction of sp³-hybridized carbons (Fsp3) is 0.150. The third-order valence-corrected chi connectivity index (χ3v) is 4.03. The molecule has 8 nitrogen and oxygen atoms in total. The molecule has 0 bridgehead atoms. The number of anilines is 3. The minimum Gasteiger partial charge on any atom is -0.497 e. The van der Waals surface area contributed by atoms with Crippen LogP contribution in [0.3, 0.4) is 0 Å². The molecule has 1 aromatic heterocycles. The van der Waals surface area contributed by atoms with Gasteiger partial charge in [0.05, 0.1) is 19.5 Å². The Bertz CT molecular complexity index is 992. The lowest BCUT2D eigenvalue weighted by Crippen LogP contribution is -2.15. The Kier molecular flexibility index (Phi) is 4.92. The molecule has 8 heteroatoms. The van der Waals surface area contributed by atoms with Crippen molar-refractivity contribution in [1.29, 1.82) is 0 Å². The molecule has 0 unspecified atom stereocenters. The summed E-state index contributed by atoms with van der Waals surface area (Å²) < 4.78 is 16.2. The number of amides is 1. The van der Waals surface area contributed by atoms with E-state index in [0.717, 1.165) is 5.69 Å². The van der Waals surface area contributed by atoms with Crippen LogP contribution in [0, 0.1) is 0 Å². The topological polar surface area (TPSA) is 94.6 Å². The smallest absolute Gasteiger partial charge is 0.275 e. The molecule has 0 saturated carbocycles. The summed E-state index contributed by atoms with van der Waals surface area (Å²) in [4.78, 5) is 20.8. The second kappa shape index (κ2) is 7.83. The fourth-order valence-electron chi connectivity index (χ4n) is 2.67. The zero-order chi connectivity index (χ0) is 19.3. The van der Waals surface area contributed by atoms with E-state index in [9.17, 15) is 4.79 Å². The summed E-state index contributed by atoms with van der Waals surface area (Å²) in [5, 5.41) is 5.89. The van der Waals surface area contributed by atoms with Crippen LogP contribution in [0.4, 0.5) is 17.2 Å². The number of carbonyl (C=O) groups excluding carboxylic acids is 1. The fourth-order valence-corrected chi connectivity index (χ4v) is 2.67. The number of rotatable bonds is 5. The van der Waals surface area contributed by atoms with Gasteiger partial charge in [-0.15, -0.1) is 0 Å². The van der Waals surface area contributed by atoms with Crippen molar-refractivity contribution in [2.45, 2.75) is 0 Å². The first-order chi connectivity index (χ1) is 13.7. The molecule has 1 aliphatic heterocycles. The van der Waals surface area contributed by atoms with Crippen LogP contribution in [0.1, 0.15) is 10.5 Å². The van der Waals surface area contributed by atoms with Crippen LogP contribution in [0.2, 0.25) is 0 Å². The van der Waals surface area contributed by atoms with Gasteiger partial charge in [0.2, 0.25) is 0 Å². The van der Waals surface area contributed by atoms with Crippen LogP contribution in [-0.4, -0.2) is 36.2 Å². The van der Waals surface area contributed by atoms with E-state index < -0.39 is 0 Å². The van der Waals surface area contributed by atoms with Gasteiger partial charge in [-0.1, -0.05) is 6.07 Å². The molecule has 2 heterocycles. The lowest BCUT2D eigenvalue weighted by atomic mass is 10.2. The van der Waals surface area contributed by atoms with E-state index in [-0.39, 0.29) is 11.6 Å². The van der Waals surface area contributed by atoms with E-state index >= 15 is 0 Å². The van der Waals surface area contributed by atoms with Gasteiger partial charge in [-0.05, 0) is 24.3 Å². The SMILES string of the molecule is COc1cccc(NC(=O)c2cnc(Nc3ccc4c(c3)OCCO4)cn2)c1. The summed E-state index contributed by atoms with van der Waals surface area (Å²) in [6.07, 6.45) is 2.91. The van der Waals surface area contributed by atoms with Crippen LogP contribution in [-0.2, 0) is 0 Å². The van der Waals surface area contributed by atoms with Gasteiger partial charge in [0.1, 0.15) is 30.5 Å². The van der Waals surface area contributed by atoms with Gasteiger partial charge < -0.3 is 24.8 Å². The number of ether oxygens (including phenoxy) is 3. The maximum Gasteiger partial charge on any atom is 0.275 e. The molecular formula is C20H18N4O4. The van der Waals surface area contributed by atoms with Crippen LogP contribution < -0.4 is 24.8 Å². The molecule has 28 heavy (non-hydrogen) atoms. The minimum absolute atomic E-state index is 0.204. The molecule has 2 aromatic carbocycles. The Morgan fingerprint density at radius 1 is 1.00 bits per heavy atom. The summed E-state index contributed by atoms with van der Waals surface area (Å²) in [5.41, 5.74) is 1.60. The Balaban J connectivity index is 1.42. The molecule has 3 aromatic rings. The number of benzene rings is 2. The van der Waals surface area contributed by atoms with Crippen molar-refractivity contribution in [3.05, 3.63) is 60.6 Å². The Morgan fingerprint density at radius 3 is 2.64 bits per heavy atom. The van der Waals surface area contributed by atoms with E-state index in [0.29, 0.717) is 42.0 Å². The molecule has 2 N–H and O–H groups in total. The molecule has 142 valence electrons. The van der Waals surface area contributed by atoms with Crippen LogP contribution in [0.25, 0.3) is 0 Å². The molecule has 0 saturated heterocycles. The van der Waals surface area contributed by atoms with E-state index in [1.54, 1.807) is 31.4 Å². The first kappa shape index (κ1) is 17.6. The number of nitrogens with zero attached hydrogens (tertiary/aromatic N) is 2. The molecule has 0 radical (unpaired) electrons. The van der Waals surface area contributed by atoms with E-state index in [4.69, 9.17) is 14.2 Å². The average molecular weight is 378 g/mol. The Morgan fingerprint density at radius 2 is 1.86 bits per heavy atom. The van der Waals surface area contributed by atoms with Crippen LogP contribution >= 0.6 is 0 Å². The molecule has 1 amide bonds. The quantitative estimate of drug-likeness (QED) is 0.704. The lowest BCUT2D eigenvalue weighted by molar-refractivity contribution is 0.102. The predicted molar refractivity (Wildman–Crippen MR) is 104 cm³/mol. The van der Waals surface area contributed by atoms with Gasteiger partial charge in [0.15, 0.2) is 11.5 Å². The third kappa shape index (κ3) is 3.96. The summed E-state index contributed by atoms with van der Waals surface area (Å²) in [7, 11) is 1.57. The van der Waals surface area contributed by atoms with E-state index in [1.807, 2.05) is 18.2 Å². The zero-order valence-electron chi connectivity index (χ0n) is 15.1. The average Bonchev–Trinajstić information content (AvgIpc) is 2.74. The molecule has 4 rings (SSSR count). The highest BCUT2D eigenvalue weighted by molar-refractivity contribution is 6.02. The first-order valence-electron chi connectivity index (χ1n) is 8.65. The number of fused-ring (bicyclic) bond motifs is 1. The highest BCUT2D eigenvalue weighted by Gasteiger charge is 2.13. The number of hydrogen-bond acceptors (Lipinski definition) is 7. The third-order valence-electron chi connectivity index (χ3n) is 4.03. The molecule has 1 aliphatic rings. The summed E-state index contributed by atoms with van der Waals surface area (Å²) in [6.45, 7) is 1.07. The molecular weight excluding hydrogens is 360 g/mol. The molecule has 0 fully saturated rings. The Labute approximate surface area is 161 Å². The van der Waals surface area contributed by atoms with Crippen molar-refractivity contribution >= 4 is 23.1 Å². The number of hydrogen-bond donors (Lipinski definition) is 2. The molecule has 0 aliphatic carbocycles. The first-order valence-corrected chi connectivity index (χ1v) is 8.65. The van der Waals surface area contributed by atoms with E-state index in [1.165, 1.54) is 12.4 Å². The highest BCUT2D eigenvalue weighted by atomic mass is 16.6. The normalized spacial score (nSPS) is 12.2. The van der Waals surface area contributed by atoms with Crippen molar-refractivity contribution in [3.8, 4) is 17.2 Å². The second-order valence-electron chi connectivity index (χ2n) is 5.96. The van der Waals surface area contributed by atoms with Crippen LogP contribution in [0.15, 0.2) is 54.9 Å². The number of nitrogens with one attached hydrogen (secondary N) is 2. The van der Waals surface area contributed by atoms with Gasteiger partial charge in [-0.25, -0.2) is 9.97 Å². The van der Waals surface area contributed by atoms with Crippen LogP contribution in [0.5, 0.6) is 17.2 Å². The molecule has 0 spiro atoms. The monoisotopic (exact) mass is 378 g/mol. The highest BCUT2D eigenvalue weighted by Crippen LogP contribution is 2.33. The molecule has 0 atom stereocenters. The minimum atomic E-state index is -0.355. The van der Waals surface area contributed by atoms with Gasteiger partial charge in [-0.2, -0.15) is 0 Å². The van der Waals surface area contributed by atoms with Crippen molar-refractivity contribution in [2.75, 3.05) is 31.0 Å². The van der Waals surface area contributed by atoms with Crippen molar-refractivity contribution in [3.63, 3.8) is 0 Å². The summed E-state index contributed by atoms with van der Waals surface area (Å²) in [5.74, 6) is 2.20. The maximum atomic E-state index is 12.3. The number of aromatic nitrogens is 2. The zero-order valence-corrected chi connectivity index (χ0v) is 15.1. The lowest BCUT2D eigenvalue weighted by Gasteiger charge is -2.19. The van der Waals surface area contributed by atoms with Crippen molar-refractivity contribution < 1.29 is 19.0 Å². The standard InChI is InChI=1S/C20H18N4O4/c1-26-15-4-2-3-13(9-15)24-20(25)16-11-22-19(12-21-16)23-14-5-6-17-18(10-14)28-8-7-27-17/h2-6,9-12H,7-8H2,1H3,(H,22,23)(H,24,25). The van der Waals surface area contributed by atoms with Gasteiger partial charge in [-0.3, -0.25) is 4.79 Å². The van der Waals surface area contributed by atoms with Gasteiger partial charge in [0, 0.05) is 23.5 Å². The summed E-state index contributed by atoms with van der Waals surface area (Å²) >= 11 is 0. The maximum absolute atomic E-state index is 12.3. The number of methoxy groups -OCH3 is 1. The summed E-state index contributed by atoms with van der Waals surface area (Å²) in [6, 6.07) is 12.6. The largest absolute Gasteiger partial charge is 0.497 e.